The predicted molar refractivity (Wildman–Crippen MR) is 177 cm³/mol. The van der Waals surface area contributed by atoms with E-state index in [0.717, 1.165) is 16.0 Å². The van der Waals surface area contributed by atoms with Crippen molar-refractivity contribution in [2.45, 2.75) is 34.0 Å². The molecule has 0 bridgehead atoms. The van der Waals surface area contributed by atoms with Gasteiger partial charge in [0.1, 0.15) is 24.5 Å². The SMILES string of the molecule is CCOc1ccc(N2C(=O)NC(=O)/C(=C\c3ccc(OCc4ccc(OCc5ccccc5)c(OCC)c4)c(OCC)c3)C2=O)cc1. The van der Waals surface area contributed by atoms with Gasteiger partial charge >= 0.3 is 6.03 Å². The van der Waals surface area contributed by atoms with Gasteiger partial charge in [0.25, 0.3) is 11.8 Å². The van der Waals surface area contributed by atoms with Crippen molar-refractivity contribution in [3.63, 3.8) is 0 Å². The summed E-state index contributed by atoms with van der Waals surface area (Å²) in [7, 11) is 0. The van der Waals surface area contributed by atoms with Crippen LogP contribution in [0.3, 0.4) is 0 Å². The minimum Gasteiger partial charge on any atom is -0.494 e. The Morgan fingerprint density at radius 2 is 1.23 bits per heavy atom. The molecule has 0 unspecified atom stereocenters. The van der Waals surface area contributed by atoms with Crippen LogP contribution in [-0.2, 0) is 22.8 Å². The van der Waals surface area contributed by atoms with Gasteiger partial charge in [-0.2, -0.15) is 0 Å². The van der Waals surface area contributed by atoms with E-state index in [1.165, 1.54) is 6.08 Å². The second-order valence-electron chi connectivity index (χ2n) is 10.3. The van der Waals surface area contributed by atoms with Gasteiger partial charge in [-0.25, -0.2) is 9.69 Å². The number of amides is 4. The van der Waals surface area contributed by atoms with E-state index >= 15 is 0 Å². The first-order valence-corrected chi connectivity index (χ1v) is 15.4. The molecule has 0 spiro atoms. The van der Waals surface area contributed by atoms with Crippen molar-refractivity contribution in [1.29, 1.82) is 0 Å². The third-order valence-electron chi connectivity index (χ3n) is 7.03. The predicted octanol–water partition coefficient (Wildman–Crippen LogP) is 6.71. The Labute approximate surface area is 273 Å². The smallest absolute Gasteiger partial charge is 0.335 e. The number of imide groups is 2. The van der Waals surface area contributed by atoms with Gasteiger partial charge in [-0.15, -0.1) is 0 Å². The Kier molecular flexibility index (Phi) is 10.7. The number of anilines is 1. The molecule has 0 atom stereocenters. The fraction of sp³-hybridized carbons (Fsp3) is 0.216. The van der Waals surface area contributed by atoms with Crippen LogP contribution in [0.25, 0.3) is 6.08 Å². The van der Waals surface area contributed by atoms with Gasteiger partial charge in [0, 0.05) is 0 Å². The minimum atomic E-state index is -0.830. The number of hydrogen-bond acceptors (Lipinski definition) is 8. The second kappa shape index (κ2) is 15.5. The number of hydrogen-bond donors (Lipinski definition) is 1. The Morgan fingerprint density at radius 3 is 1.89 bits per heavy atom. The summed E-state index contributed by atoms with van der Waals surface area (Å²) in [4.78, 5) is 39.7. The zero-order valence-electron chi connectivity index (χ0n) is 26.5. The largest absolute Gasteiger partial charge is 0.494 e. The van der Waals surface area contributed by atoms with Crippen LogP contribution in [0.15, 0.2) is 96.6 Å². The quantitative estimate of drug-likeness (QED) is 0.120. The molecular formula is C37H36N2O8. The molecule has 0 aliphatic carbocycles. The van der Waals surface area contributed by atoms with Crippen molar-refractivity contribution >= 4 is 29.6 Å². The van der Waals surface area contributed by atoms with E-state index in [1.807, 2.05) is 69.3 Å². The lowest BCUT2D eigenvalue weighted by atomic mass is 10.1. The van der Waals surface area contributed by atoms with Crippen molar-refractivity contribution in [2.75, 3.05) is 24.7 Å². The molecule has 1 heterocycles. The molecule has 5 rings (SSSR count). The fourth-order valence-electron chi connectivity index (χ4n) is 4.84. The van der Waals surface area contributed by atoms with Crippen LogP contribution < -0.4 is 33.9 Å². The topological polar surface area (TPSA) is 113 Å². The summed E-state index contributed by atoms with van der Waals surface area (Å²) < 4.78 is 29.3. The molecule has 47 heavy (non-hydrogen) atoms. The summed E-state index contributed by atoms with van der Waals surface area (Å²) >= 11 is 0. The third-order valence-corrected chi connectivity index (χ3v) is 7.03. The first-order chi connectivity index (χ1) is 22.9. The maximum Gasteiger partial charge on any atom is 0.335 e. The Hall–Kier alpha value is -5.77. The molecule has 0 radical (unpaired) electrons. The molecular weight excluding hydrogens is 600 g/mol. The summed E-state index contributed by atoms with van der Waals surface area (Å²) in [6.07, 6.45) is 1.42. The minimum absolute atomic E-state index is 0.201. The fourth-order valence-corrected chi connectivity index (χ4v) is 4.84. The molecule has 1 aliphatic heterocycles. The van der Waals surface area contributed by atoms with Crippen molar-refractivity contribution in [1.82, 2.24) is 5.32 Å². The molecule has 1 saturated heterocycles. The number of barbiturate groups is 1. The highest BCUT2D eigenvalue weighted by molar-refractivity contribution is 6.39. The normalized spacial score (nSPS) is 13.7. The molecule has 4 aromatic carbocycles. The van der Waals surface area contributed by atoms with Gasteiger partial charge in [0.2, 0.25) is 0 Å². The van der Waals surface area contributed by atoms with Crippen LogP contribution in [-0.4, -0.2) is 37.7 Å². The standard InChI is InChI=1S/C37H36N2O8/c1-4-43-29-16-14-28(15-17-29)39-36(41)30(35(40)38-37(39)42)20-26-12-18-31(33(21-26)44-5-2)47-24-27-13-19-32(34(22-27)45-6-3)46-23-25-10-8-7-9-11-25/h7-22H,4-6,23-24H2,1-3H3,(H,38,40,42)/b30-20+. The zero-order valence-corrected chi connectivity index (χ0v) is 26.5. The number of ether oxygens (including phenoxy) is 5. The average molecular weight is 637 g/mol. The summed E-state index contributed by atoms with van der Waals surface area (Å²) in [5.74, 6) is 1.21. The molecule has 4 amide bonds. The summed E-state index contributed by atoms with van der Waals surface area (Å²) in [5, 5.41) is 2.24. The van der Waals surface area contributed by atoms with E-state index in [-0.39, 0.29) is 12.2 Å². The van der Waals surface area contributed by atoms with Gasteiger partial charge in [-0.05, 0) is 92.1 Å². The number of urea groups is 1. The molecule has 4 aromatic rings. The number of carbonyl (C=O) groups excluding carboxylic acids is 3. The van der Waals surface area contributed by atoms with Crippen molar-refractivity contribution in [2.24, 2.45) is 0 Å². The summed E-state index contributed by atoms with van der Waals surface area (Å²) in [6, 6.07) is 26.3. The van der Waals surface area contributed by atoms with Crippen LogP contribution in [0.2, 0.25) is 0 Å². The van der Waals surface area contributed by atoms with Crippen LogP contribution in [0.1, 0.15) is 37.5 Å². The van der Waals surface area contributed by atoms with Crippen molar-refractivity contribution in [3.05, 3.63) is 113 Å². The molecule has 1 N–H and O–H groups in total. The lowest BCUT2D eigenvalue weighted by Crippen LogP contribution is -2.54. The average Bonchev–Trinajstić information content (AvgIpc) is 3.07. The number of rotatable bonds is 14. The van der Waals surface area contributed by atoms with Gasteiger partial charge in [-0.3, -0.25) is 14.9 Å². The van der Waals surface area contributed by atoms with Gasteiger partial charge in [-0.1, -0.05) is 42.5 Å². The van der Waals surface area contributed by atoms with Gasteiger partial charge < -0.3 is 23.7 Å². The summed E-state index contributed by atoms with van der Waals surface area (Å²) in [5.41, 5.74) is 2.53. The molecule has 242 valence electrons. The first kappa shape index (κ1) is 32.6. The highest BCUT2D eigenvalue weighted by atomic mass is 16.5. The molecule has 0 saturated carbocycles. The van der Waals surface area contributed by atoms with E-state index in [0.29, 0.717) is 66.4 Å². The van der Waals surface area contributed by atoms with Gasteiger partial charge in [0.05, 0.1) is 25.5 Å². The van der Waals surface area contributed by atoms with Crippen molar-refractivity contribution in [3.8, 4) is 28.7 Å². The molecule has 10 nitrogen and oxygen atoms in total. The zero-order chi connectivity index (χ0) is 33.2. The highest BCUT2D eigenvalue weighted by Crippen LogP contribution is 2.33. The van der Waals surface area contributed by atoms with Crippen LogP contribution in [0, 0.1) is 0 Å². The van der Waals surface area contributed by atoms with E-state index < -0.39 is 17.8 Å². The summed E-state index contributed by atoms with van der Waals surface area (Å²) in [6.45, 7) is 7.56. The number of nitrogens with zero attached hydrogens (tertiary/aromatic N) is 1. The Balaban J connectivity index is 1.32. The van der Waals surface area contributed by atoms with Crippen LogP contribution in [0.4, 0.5) is 10.5 Å². The number of nitrogens with one attached hydrogen (secondary N) is 1. The van der Waals surface area contributed by atoms with E-state index in [2.05, 4.69) is 5.32 Å². The first-order valence-electron chi connectivity index (χ1n) is 15.4. The maximum absolute atomic E-state index is 13.4. The molecule has 1 aliphatic rings. The second-order valence-corrected chi connectivity index (χ2v) is 10.3. The lowest BCUT2D eigenvalue weighted by molar-refractivity contribution is -0.122. The van der Waals surface area contributed by atoms with E-state index in [4.69, 9.17) is 23.7 Å². The van der Waals surface area contributed by atoms with Crippen LogP contribution >= 0.6 is 0 Å². The number of benzene rings is 4. The van der Waals surface area contributed by atoms with E-state index in [1.54, 1.807) is 42.5 Å². The molecule has 0 aromatic heterocycles. The monoisotopic (exact) mass is 636 g/mol. The van der Waals surface area contributed by atoms with Gasteiger partial charge in [0.15, 0.2) is 23.0 Å². The molecule has 10 heteroatoms. The number of carbonyl (C=O) groups is 3. The highest BCUT2D eigenvalue weighted by Gasteiger charge is 2.36. The van der Waals surface area contributed by atoms with Crippen molar-refractivity contribution < 1.29 is 38.1 Å². The maximum atomic E-state index is 13.4. The lowest BCUT2D eigenvalue weighted by Gasteiger charge is -2.26. The molecule has 1 fully saturated rings. The van der Waals surface area contributed by atoms with E-state index in [9.17, 15) is 14.4 Å². The Morgan fingerprint density at radius 1 is 0.617 bits per heavy atom. The third kappa shape index (κ3) is 8.09. The Bertz CT molecular complexity index is 1750. The van der Waals surface area contributed by atoms with Crippen LogP contribution in [0.5, 0.6) is 28.7 Å².